The van der Waals surface area contributed by atoms with Crippen LogP contribution in [0.3, 0.4) is 0 Å². The molecule has 5 heteroatoms. The summed E-state index contributed by atoms with van der Waals surface area (Å²) in [6.45, 7) is 10.2. The number of carbonyl (C=O) groups is 1. The van der Waals surface area contributed by atoms with E-state index in [1.807, 2.05) is 25.1 Å². The Morgan fingerprint density at radius 1 is 1.21 bits per heavy atom. The van der Waals surface area contributed by atoms with Crippen LogP contribution >= 0.6 is 0 Å². The molecule has 0 aliphatic heterocycles. The van der Waals surface area contributed by atoms with E-state index in [9.17, 15) is 4.79 Å². The molecule has 0 saturated heterocycles. The summed E-state index contributed by atoms with van der Waals surface area (Å²) in [4.78, 5) is 11.1. The van der Waals surface area contributed by atoms with Crippen molar-refractivity contribution in [2.75, 3.05) is 19.8 Å². The van der Waals surface area contributed by atoms with Gasteiger partial charge in [0.25, 0.3) is 0 Å². The van der Waals surface area contributed by atoms with Crippen LogP contribution in [0.2, 0.25) is 0 Å². The van der Waals surface area contributed by atoms with Crippen molar-refractivity contribution < 1.29 is 19.4 Å². The van der Waals surface area contributed by atoms with Gasteiger partial charge >= 0.3 is 5.97 Å². The van der Waals surface area contributed by atoms with Crippen molar-refractivity contribution in [2.45, 2.75) is 53.5 Å². The van der Waals surface area contributed by atoms with Crippen LogP contribution in [-0.2, 0) is 11.3 Å². The van der Waals surface area contributed by atoms with Crippen LogP contribution in [0.5, 0.6) is 11.5 Å². The molecule has 136 valence electrons. The number of carboxylic acids is 1. The van der Waals surface area contributed by atoms with E-state index in [1.165, 1.54) is 0 Å². The quantitative estimate of drug-likeness (QED) is 0.567. The van der Waals surface area contributed by atoms with E-state index in [2.05, 4.69) is 12.2 Å². The Morgan fingerprint density at radius 2 is 1.96 bits per heavy atom. The summed E-state index contributed by atoms with van der Waals surface area (Å²) >= 11 is 0. The largest absolute Gasteiger partial charge is 0.490 e. The highest BCUT2D eigenvalue weighted by Crippen LogP contribution is 2.29. The zero-order valence-corrected chi connectivity index (χ0v) is 15.4. The van der Waals surface area contributed by atoms with Crippen LogP contribution in [0, 0.1) is 5.41 Å². The fourth-order valence-electron chi connectivity index (χ4n) is 2.12. The van der Waals surface area contributed by atoms with Crippen molar-refractivity contribution >= 4 is 5.97 Å². The van der Waals surface area contributed by atoms with Gasteiger partial charge in [-0.05, 0) is 57.9 Å². The first kappa shape index (κ1) is 20.3. The van der Waals surface area contributed by atoms with Gasteiger partial charge in [-0.3, -0.25) is 4.79 Å². The molecule has 1 aromatic rings. The minimum absolute atomic E-state index is 0.582. The Labute approximate surface area is 145 Å². The number of ether oxygens (including phenoxy) is 2. The monoisotopic (exact) mass is 337 g/mol. The first-order chi connectivity index (χ1) is 11.4. The fraction of sp³-hybridized carbons (Fsp3) is 0.632. The first-order valence-electron chi connectivity index (χ1n) is 8.73. The van der Waals surface area contributed by atoms with Gasteiger partial charge in [-0.1, -0.05) is 19.4 Å². The molecule has 0 atom stereocenters. The summed E-state index contributed by atoms with van der Waals surface area (Å²) in [7, 11) is 0. The van der Waals surface area contributed by atoms with E-state index in [1.54, 1.807) is 13.8 Å². The third-order valence-corrected chi connectivity index (χ3v) is 3.90. The van der Waals surface area contributed by atoms with Gasteiger partial charge in [0.1, 0.15) is 0 Å². The minimum Gasteiger partial charge on any atom is -0.490 e. The van der Waals surface area contributed by atoms with Gasteiger partial charge < -0.3 is 19.9 Å². The molecule has 0 aliphatic rings. The van der Waals surface area contributed by atoms with E-state index < -0.39 is 11.4 Å². The van der Waals surface area contributed by atoms with Crippen LogP contribution in [0.1, 0.15) is 52.5 Å². The number of carboxylic acid groups (broad SMARTS) is 1. The lowest BCUT2D eigenvalue weighted by molar-refractivity contribution is -0.147. The molecule has 0 unspecified atom stereocenters. The number of rotatable bonds is 12. The van der Waals surface area contributed by atoms with Gasteiger partial charge in [0.15, 0.2) is 11.5 Å². The second-order valence-electron chi connectivity index (χ2n) is 6.53. The lowest BCUT2D eigenvalue weighted by Gasteiger charge is -2.19. The number of unbranched alkanes of at least 4 members (excludes halogenated alkanes) is 1. The molecular weight excluding hydrogens is 306 g/mol. The minimum atomic E-state index is -0.767. The SMILES string of the molecule is CCCCOc1ccc(CNCCC(C)(C)C(=O)O)cc1OCC. The third-order valence-electron chi connectivity index (χ3n) is 3.90. The lowest BCUT2D eigenvalue weighted by Crippen LogP contribution is -2.28. The summed E-state index contributed by atoms with van der Waals surface area (Å²) in [6.07, 6.45) is 2.70. The Kier molecular flexibility index (Phi) is 8.61. The van der Waals surface area contributed by atoms with Crippen molar-refractivity contribution in [3.8, 4) is 11.5 Å². The molecule has 0 aliphatic carbocycles. The Balaban J connectivity index is 2.56. The molecule has 0 spiro atoms. The van der Waals surface area contributed by atoms with Gasteiger partial charge in [0, 0.05) is 6.54 Å². The molecule has 5 nitrogen and oxygen atoms in total. The van der Waals surface area contributed by atoms with E-state index in [0.29, 0.717) is 32.7 Å². The van der Waals surface area contributed by atoms with Gasteiger partial charge in [-0.2, -0.15) is 0 Å². The maximum absolute atomic E-state index is 11.1. The van der Waals surface area contributed by atoms with Gasteiger partial charge in [0.05, 0.1) is 18.6 Å². The van der Waals surface area contributed by atoms with Crippen LogP contribution in [-0.4, -0.2) is 30.8 Å². The van der Waals surface area contributed by atoms with E-state index in [4.69, 9.17) is 14.6 Å². The first-order valence-corrected chi connectivity index (χ1v) is 8.73. The molecule has 1 aromatic carbocycles. The zero-order valence-electron chi connectivity index (χ0n) is 15.4. The Morgan fingerprint density at radius 3 is 2.58 bits per heavy atom. The topological polar surface area (TPSA) is 67.8 Å². The van der Waals surface area contributed by atoms with E-state index >= 15 is 0 Å². The predicted octanol–water partition coefficient (Wildman–Crippen LogP) is 3.85. The number of hydrogen-bond donors (Lipinski definition) is 2. The summed E-state index contributed by atoms with van der Waals surface area (Å²) < 4.78 is 11.4. The normalized spacial score (nSPS) is 11.3. The fourth-order valence-corrected chi connectivity index (χ4v) is 2.12. The van der Waals surface area contributed by atoms with Crippen LogP contribution in [0.4, 0.5) is 0 Å². The molecule has 0 radical (unpaired) electrons. The average Bonchev–Trinajstić information content (AvgIpc) is 2.53. The van der Waals surface area contributed by atoms with E-state index in [-0.39, 0.29) is 0 Å². The molecular formula is C19H31NO4. The summed E-state index contributed by atoms with van der Waals surface area (Å²) in [6, 6.07) is 5.94. The van der Waals surface area contributed by atoms with Crippen molar-refractivity contribution in [1.29, 1.82) is 0 Å². The molecule has 0 fully saturated rings. The molecule has 0 saturated carbocycles. The standard InChI is InChI=1S/C19H31NO4/c1-5-7-12-24-16-9-8-15(13-17(16)23-6-2)14-20-11-10-19(3,4)18(21)22/h8-9,13,20H,5-7,10-12,14H2,1-4H3,(H,21,22). The molecule has 0 amide bonds. The highest BCUT2D eigenvalue weighted by Gasteiger charge is 2.26. The summed E-state index contributed by atoms with van der Waals surface area (Å²) in [5.74, 6) is 0.774. The molecule has 24 heavy (non-hydrogen) atoms. The number of aliphatic carboxylic acids is 1. The molecule has 2 N–H and O–H groups in total. The van der Waals surface area contributed by atoms with Gasteiger partial charge in [-0.25, -0.2) is 0 Å². The summed E-state index contributed by atoms with van der Waals surface area (Å²) in [5.41, 5.74) is 0.384. The number of nitrogens with one attached hydrogen (secondary N) is 1. The predicted molar refractivity (Wildman–Crippen MR) is 95.8 cm³/mol. The smallest absolute Gasteiger partial charge is 0.309 e. The molecule has 0 bridgehead atoms. The second kappa shape index (κ2) is 10.2. The van der Waals surface area contributed by atoms with Crippen molar-refractivity contribution in [1.82, 2.24) is 5.32 Å². The highest BCUT2D eigenvalue weighted by molar-refractivity contribution is 5.73. The van der Waals surface area contributed by atoms with Crippen molar-refractivity contribution in [3.05, 3.63) is 23.8 Å². The Bertz CT molecular complexity index is 514. The lowest BCUT2D eigenvalue weighted by atomic mass is 9.90. The van der Waals surface area contributed by atoms with Crippen LogP contribution in [0.15, 0.2) is 18.2 Å². The molecule has 0 heterocycles. The molecule has 1 rings (SSSR count). The van der Waals surface area contributed by atoms with Crippen molar-refractivity contribution in [2.24, 2.45) is 5.41 Å². The average molecular weight is 337 g/mol. The van der Waals surface area contributed by atoms with E-state index in [0.717, 1.165) is 29.9 Å². The number of benzene rings is 1. The second-order valence-corrected chi connectivity index (χ2v) is 6.53. The maximum atomic E-state index is 11.1. The third kappa shape index (κ3) is 6.79. The maximum Gasteiger partial charge on any atom is 0.309 e. The van der Waals surface area contributed by atoms with Gasteiger partial charge in [-0.15, -0.1) is 0 Å². The highest BCUT2D eigenvalue weighted by atomic mass is 16.5. The van der Waals surface area contributed by atoms with Crippen LogP contribution < -0.4 is 14.8 Å². The summed E-state index contributed by atoms with van der Waals surface area (Å²) in [5, 5.41) is 12.4. The number of hydrogen-bond acceptors (Lipinski definition) is 4. The van der Waals surface area contributed by atoms with Crippen LogP contribution in [0.25, 0.3) is 0 Å². The zero-order chi connectivity index (χ0) is 18.0. The Hall–Kier alpha value is -1.75. The van der Waals surface area contributed by atoms with Crippen molar-refractivity contribution in [3.63, 3.8) is 0 Å². The van der Waals surface area contributed by atoms with Gasteiger partial charge in [0.2, 0.25) is 0 Å². The molecule has 0 aromatic heterocycles.